The molecule has 0 aliphatic heterocycles. The quantitative estimate of drug-likeness (QED) is 0.688. The fraction of sp³-hybridized carbons (Fsp3) is 0.364. The van der Waals surface area contributed by atoms with E-state index in [1.165, 1.54) is 11.1 Å². The molecule has 0 fully saturated rings. The van der Waals surface area contributed by atoms with Gasteiger partial charge >= 0.3 is 5.97 Å². The number of aliphatic imine (C=N–C) groups is 1. The van der Waals surface area contributed by atoms with E-state index in [1.807, 2.05) is 6.92 Å². The van der Waals surface area contributed by atoms with Gasteiger partial charge in [0.05, 0.1) is 0 Å². The first-order valence-corrected chi connectivity index (χ1v) is 8.98. The van der Waals surface area contributed by atoms with Crippen molar-refractivity contribution in [2.75, 3.05) is 0 Å². The zero-order valence-electron chi connectivity index (χ0n) is 15.6. The molecule has 0 radical (unpaired) electrons. The molecule has 2 aromatic rings. The number of nitrogens with zero attached hydrogens (tertiary/aromatic N) is 1. The molecule has 0 aliphatic rings. The molecule has 2 aromatic carbocycles. The molecule has 2 unspecified atom stereocenters. The predicted octanol–water partition coefficient (Wildman–Crippen LogP) is 4.46. The maximum atomic E-state index is 11.5. The highest BCUT2D eigenvalue weighted by atomic mass is 16.4. The van der Waals surface area contributed by atoms with Crippen LogP contribution in [-0.4, -0.2) is 28.4 Å². The molecule has 2 N–H and O–H groups in total. The Kier molecular flexibility index (Phi) is 6.96. The van der Waals surface area contributed by atoms with Gasteiger partial charge in [0.2, 0.25) is 0 Å². The minimum absolute atomic E-state index is 0.154. The number of rotatable bonds is 8. The summed E-state index contributed by atoms with van der Waals surface area (Å²) < 4.78 is 0. The predicted molar refractivity (Wildman–Crippen MR) is 105 cm³/mol. The summed E-state index contributed by atoms with van der Waals surface area (Å²) in [5.41, 5.74) is 3.37. The molecule has 0 amide bonds. The van der Waals surface area contributed by atoms with Gasteiger partial charge in [-0.1, -0.05) is 57.2 Å². The minimum Gasteiger partial charge on any atom is -0.508 e. The molecule has 0 bridgehead atoms. The van der Waals surface area contributed by atoms with Crippen molar-refractivity contribution in [2.24, 2.45) is 10.9 Å². The second-order valence-electron chi connectivity index (χ2n) is 7.10. The maximum Gasteiger partial charge on any atom is 0.328 e. The van der Waals surface area contributed by atoms with Crippen molar-refractivity contribution in [1.29, 1.82) is 0 Å². The van der Waals surface area contributed by atoms with E-state index in [9.17, 15) is 15.0 Å². The van der Waals surface area contributed by atoms with Crippen molar-refractivity contribution < 1.29 is 15.0 Å². The lowest BCUT2D eigenvalue weighted by Crippen LogP contribution is -2.21. The normalized spacial score (nSPS) is 13.8. The molecule has 2 rings (SSSR count). The Morgan fingerprint density at radius 3 is 2.04 bits per heavy atom. The summed E-state index contributed by atoms with van der Waals surface area (Å²) in [7, 11) is 0. The number of phenolic OH excluding ortho intramolecular Hbond substituents is 1. The molecule has 26 heavy (non-hydrogen) atoms. The van der Waals surface area contributed by atoms with Crippen LogP contribution >= 0.6 is 0 Å². The molecule has 0 spiro atoms. The van der Waals surface area contributed by atoms with Crippen LogP contribution in [0.25, 0.3) is 0 Å². The van der Waals surface area contributed by atoms with Crippen LogP contribution in [0.1, 0.15) is 43.4 Å². The SMILES string of the molecule is CC(C=NC(Cc1ccc(O)cc1)C(=O)O)Cc1ccc(C(C)C)cc1. The van der Waals surface area contributed by atoms with E-state index >= 15 is 0 Å². The third-order valence-electron chi connectivity index (χ3n) is 4.38. The molecule has 0 aliphatic carbocycles. The summed E-state index contributed by atoms with van der Waals surface area (Å²) >= 11 is 0. The Labute approximate surface area is 155 Å². The summed E-state index contributed by atoms with van der Waals surface area (Å²) in [6.07, 6.45) is 2.88. The third-order valence-corrected chi connectivity index (χ3v) is 4.38. The molecule has 138 valence electrons. The first-order valence-electron chi connectivity index (χ1n) is 8.98. The van der Waals surface area contributed by atoms with Crippen LogP contribution in [-0.2, 0) is 17.6 Å². The highest BCUT2D eigenvalue weighted by molar-refractivity contribution is 5.77. The molecule has 0 aromatic heterocycles. The van der Waals surface area contributed by atoms with Gasteiger partial charge in [0.1, 0.15) is 5.75 Å². The van der Waals surface area contributed by atoms with Crippen molar-refractivity contribution in [3.8, 4) is 5.75 Å². The fourth-order valence-corrected chi connectivity index (χ4v) is 2.77. The average molecular weight is 353 g/mol. The van der Waals surface area contributed by atoms with Crippen LogP contribution in [0.15, 0.2) is 53.5 Å². The molecule has 4 nitrogen and oxygen atoms in total. The second kappa shape index (κ2) is 9.18. The van der Waals surface area contributed by atoms with Crippen LogP contribution in [0, 0.1) is 5.92 Å². The molecule has 0 heterocycles. The van der Waals surface area contributed by atoms with Gasteiger partial charge in [0.25, 0.3) is 0 Å². The number of aliphatic carboxylic acids is 1. The standard InChI is InChI=1S/C22H27NO3/c1-15(2)19-8-4-17(5-9-19)12-16(3)14-23-21(22(25)26)13-18-6-10-20(24)11-7-18/h4-11,14-16,21,24H,12-13H2,1-3H3,(H,25,26). The maximum absolute atomic E-state index is 11.5. The lowest BCUT2D eigenvalue weighted by atomic mass is 9.97. The van der Waals surface area contributed by atoms with Crippen molar-refractivity contribution >= 4 is 12.2 Å². The fourth-order valence-electron chi connectivity index (χ4n) is 2.77. The molecule has 0 saturated carbocycles. The van der Waals surface area contributed by atoms with Crippen molar-refractivity contribution in [3.63, 3.8) is 0 Å². The van der Waals surface area contributed by atoms with Crippen LogP contribution in [0.5, 0.6) is 5.75 Å². The van der Waals surface area contributed by atoms with E-state index < -0.39 is 12.0 Å². The first kappa shape index (κ1) is 19.7. The van der Waals surface area contributed by atoms with E-state index in [1.54, 1.807) is 30.5 Å². The van der Waals surface area contributed by atoms with Gasteiger partial charge in [0.15, 0.2) is 6.04 Å². The zero-order valence-corrected chi connectivity index (χ0v) is 15.6. The number of carbonyl (C=O) groups is 1. The Morgan fingerprint density at radius 1 is 0.962 bits per heavy atom. The van der Waals surface area contributed by atoms with E-state index in [0.717, 1.165) is 12.0 Å². The highest BCUT2D eigenvalue weighted by Gasteiger charge is 2.16. The van der Waals surface area contributed by atoms with Gasteiger partial charge in [-0.05, 0) is 47.1 Å². The number of phenols is 1. The summed E-state index contributed by atoms with van der Waals surface area (Å²) in [5, 5.41) is 18.7. The Balaban J connectivity index is 1.97. The Morgan fingerprint density at radius 2 is 1.50 bits per heavy atom. The summed E-state index contributed by atoms with van der Waals surface area (Å²) in [4.78, 5) is 15.8. The van der Waals surface area contributed by atoms with Gasteiger partial charge in [-0.15, -0.1) is 0 Å². The van der Waals surface area contributed by atoms with Gasteiger partial charge < -0.3 is 10.2 Å². The lowest BCUT2D eigenvalue weighted by Gasteiger charge is -2.11. The van der Waals surface area contributed by atoms with Gasteiger partial charge in [-0.3, -0.25) is 4.99 Å². The Hall–Kier alpha value is -2.62. The summed E-state index contributed by atoms with van der Waals surface area (Å²) in [6, 6.07) is 14.3. The number of hydrogen-bond donors (Lipinski definition) is 2. The van der Waals surface area contributed by atoms with Gasteiger partial charge in [0, 0.05) is 12.6 Å². The van der Waals surface area contributed by atoms with Crippen LogP contribution in [0.4, 0.5) is 0 Å². The molecule has 4 heteroatoms. The van der Waals surface area contributed by atoms with Crippen molar-refractivity contribution in [3.05, 3.63) is 65.2 Å². The monoisotopic (exact) mass is 353 g/mol. The molecule has 2 atom stereocenters. The molecule has 0 saturated heterocycles. The third kappa shape index (κ3) is 6.03. The van der Waals surface area contributed by atoms with Crippen LogP contribution < -0.4 is 0 Å². The number of carboxylic acids is 1. The van der Waals surface area contributed by atoms with E-state index in [0.29, 0.717) is 12.3 Å². The number of hydrogen-bond acceptors (Lipinski definition) is 3. The summed E-state index contributed by atoms with van der Waals surface area (Å²) in [6.45, 7) is 6.38. The number of benzene rings is 2. The molecular formula is C22H27NO3. The lowest BCUT2D eigenvalue weighted by molar-refractivity contribution is -0.138. The zero-order chi connectivity index (χ0) is 19.1. The topological polar surface area (TPSA) is 69.9 Å². The largest absolute Gasteiger partial charge is 0.508 e. The molecular weight excluding hydrogens is 326 g/mol. The van der Waals surface area contributed by atoms with Crippen LogP contribution in [0.3, 0.4) is 0 Å². The smallest absolute Gasteiger partial charge is 0.328 e. The van der Waals surface area contributed by atoms with E-state index in [4.69, 9.17) is 0 Å². The average Bonchev–Trinajstić information content (AvgIpc) is 2.60. The highest BCUT2D eigenvalue weighted by Crippen LogP contribution is 2.17. The first-order chi connectivity index (χ1) is 12.3. The Bertz CT molecular complexity index is 733. The van der Waals surface area contributed by atoms with Crippen molar-refractivity contribution in [1.82, 2.24) is 0 Å². The minimum atomic E-state index is -0.942. The van der Waals surface area contributed by atoms with Crippen LogP contribution in [0.2, 0.25) is 0 Å². The summed E-state index contributed by atoms with van der Waals surface area (Å²) in [5.74, 6) is -0.107. The second-order valence-corrected chi connectivity index (χ2v) is 7.10. The van der Waals surface area contributed by atoms with Gasteiger partial charge in [-0.25, -0.2) is 4.79 Å². The number of aromatic hydroxyl groups is 1. The van der Waals surface area contributed by atoms with Gasteiger partial charge in [-0.2, -0.15) is 0 Å². The van der Waals surface area contributed by atoms with E-state index in [-0.39, 0.29) is 11.7 Å². The van der Waals surface area contributed by atoms with E-state index in [2.05, 4.69) is 43.1 Å². The van der Waals surface area contributed by atoms with Crippen molar-refractivity contribution in [2.45, 2.75) is 45.6 Å². The number of carboxylic acid groups (broad SMARTS) is 1.